The number of piperidine rings is 1. The summed E-state index contributed by atoms with van der Waals surface area (Å²) < 4.78 is 5.88. The highest BCUT2D eigenvalue weighted by Gasteiger charge is 2.19. The van der Waals surface area contributed by atoms with E-state index in [-0.39, 0.29) is 5.91 Å². The first-order chi connectivity index (χ1) is 12.8. The minimum absolute atomic E-state index is 0.0938. The van der Waals surface area contributed by atoms with Crippen LogP contribution in [-0.2, 0) is 25.7 Å². The smallest absolute Gasteiger partial charge is 0.414 e. The Morgan fingerprint density at radius 3 is 2.15 bits per heavy atom. The lowest BCUT2D eigenvalue weighted by molar-refractivity contribution is -0.159. The Morgan fingerprint density at radius 2 is 1.67 bits per heavy atom. The van der Waals surface area contributed by atoms with E-state index in [0.717, 1.165) is 32.5 Å². The van der Waals surface area contributed by atoms with Crippen molar-refractivity contribution in [3.63, 3.8) is 0 Å². The molecule has 1 fully saturated rings. The number of carbonyl (C=O) groups is 3. The first kappa shape index (κ1) is 22.6. The second kappa shape index (κ2) is 12.0. The number of carboxylic acids is 2. The molecule has 2 rings (SSSR count). The molecule has 0 aromatic heterocycles. The number of benzene rings is 1. The molecule has 150 valence electrons. The van der Waals surface area contributed by atoms with Crippen molar-refractivity contribution in [3.8, 4) is 0 Å². The molecule has 1 aliphatic heterocycles. The predicted molar refractivity (Wildman–Crippen MR) is 99.3 cm³/mol. The van der Waals surface area contributed by atoms with Crippen molar-refractivity contribution in [2.75, 3.05) is 33.3 Å². The van der Waals surface area contributed by atoms with Crippen LogP contribution in [0.25, 0.3) is 0 Å². The summed E-state index contributed by atoms with van der Waals surface area (Å²) in [7, 11) is 1.81. The Morgan fingerprint density at radius 1 is 1.11 bits per heavy atom. The van der Waals surface area contributed by atoms with Crippen LogP contribution in [0.4, 0.5) is 0 Å². The fourth-order valence-corrected chi connectivity index (χ4v) is 2.59. The normalized spacial score (nSPS) is 14.7. The highest BCUT2D eigenvalue weighted by atomic mass is 16.5. The summed E-state index contributed by atoms with van der Waals surface area (Å²) in [5.41, 5.74) is 1.37. The Hall–Kier alpha value is -2.45. The van der Waals surface area contributed by atoms with Crippen LogP contribution in [0.3, 0.4) is 0 Å². The number of hydrogen-bond donors (Lipinski definition) is 2. The Labute approximate surface area is 159 Å². The van der Waals surface area contributed by atoms with Gasteiger partial charge in [-0.2, -0.15) is 0 Å². The highest BCUT2D eigenvalue weighted by molar-refractivity contribution is 6.27. The van der Waals surface area contributed by atoms with Crippen LogP contribution in [0.5, 0.6) is 0 Å². The molecule has 27 heavy (non-hydrogen) atoms. The third kappa shape index (κ3) is 9.72. The number of aliphatic carboxylic acids is 2. The molecule has 0 radical (unpaired) electrons. The zero-order chi connectivity index (χ0) is 20.2. The van der Waals surface area contributed by atoms with Crippen molar-refractivity contribution < 1.29 is 29.3 Å². The van der Waals surface area contributed by atoms with Gasteiger partial charge in [0.25, 0.3) is 0 Å². The fraction of sp³-hybridized carbons (Fsp3) is 0.526. The van der Waals surface area contributed by atoms with E-state index in [1.165, 1.54) is 5.56 Å². The molecule has 1 saturated heterocycles. The zero-order valence-corrected chi connectivity index (χ0v) is 15.8. The van der Waals surface area contributed by atoms with Gasteiger partial charge in [-0.25, -0.2) is 9.59 Å². The molecule has 2 N–H and O–H groups in total. The monoisotopic (exact) mass is 380 g/mol. The van der Waals surface area contributed by atoms with Gasteiger partial charge in [-0.3, -0.25) is 9.69 Å². The molecule has 1 amide bonds. The lowest BCUT2D eigenvalue weighted by atomic mass is 10.1. The van der Waals surface area contributed by atoms with Crippen LogP contribution in [0.2, 0.25) is 0 Å². The SMILES string of the molecule is CC(=O)N(C)CCOC1CCN(Cc2ccccc2)CC1.O=C(O)C(=O)O. The first-order valence-electron chi connectivity index (χ1n) is 8.85. The molecule has 1 aromatic carbocycles. The van der Waals surface area contributed by atoms with Crippen molar-refractivity contribution in [1.82, 2.24) is 9.80 Å². The van der Waals surface area contributed by atoms with Crippen LogP contribution >= 0.6 is 0 Å². The van der Waals surface area contributed by atoms with E-state index < -0.39 is 11.9 Å². The highest BCUT2D eigenvalue weighted by Crippen LogP contribution is 2.16. The largest absolute Gasteiger partial charge is 0.473 e. The number of carbonyl (C=O) groups excluding carboxylic acids is 1. The van der Waals surface area contributed by atoms with Gasteiger partial charge in [0.2, 0.25) is 5.91 Å². The number of nitrogens with zero attached hydrogens (tertiary/aromatic N) is 2. The molecule has 8 heteroatoms. The lowest BCUT2D eigenvalue weighted by Gasteiger charge is -2.32. The topological polar surface area (TPSA) is 107 Å². The summed E-state index contributed by atoms with van der Waals surface area (Å²) in [6.45, 7) is 6.10. The Kier molecular flexibility index (Phi) is 10.1. The minimum Gasteiger partial charge on any atom is -0.473 e. The van der Waals surface area contributed by atoms with E-state index in [4.69, 9.17) is 24.5 Å². The average molecular weight is 380 g/mol. The number of rotatable bonds is 6. The quantitative estimate of drug-likeness (QED) is 0.716. The zero-order valence-electron chi connectivity index (χ0n) is 15.8. The van der Waals surface area contributed by atoms with E-state index in [2.05, 4.69) is 35.2 Å². The molecular formula is C19H28N2O6. The van der Waals surface area contributed by atoms with Crippen molar-refractivity contribution in [2.45, 2.75) is 32.4 Å². The summed E-state index contributed by atoms with van der Waals surface area (Å²) in [5.74, 6) is -3.55. The van der Waals surface area contributed by atoms with Gasteiger partial charge in [0, 0.05) is 40.2 Å². The van der Waals surface area contributed by atoms with Gasteiger partial charge in [0.05, 0.1) is 12.7 Å². The molecule has 0 unspecified atom stereocenters. The van der Waals surface area contributed by atoms with Crippen molar-refractivity contribution >= 4 is 17.8 Å². The molecule has 8 nitrogen and oxygen atoms in total. The van der Waals surface area contributed by atoms with Crippen molar-refractivity contribution in [1.29, 1.82) is 0 Å². The summed E-state index contributed by atoms with van der Waals surface area (Å²) in [4.78, 5) is 33.5. The summed E-state index contributed by atoms with van der Waals surface area (Å²) >= 11 is 0. The lowest BCUT2D eigenvalue weighted by Crippen LogP contribution is -2.37. The van der Waals surface area contributed by atoms with Crippen LogP contribution in [-0.4, -0.2) is 77.3 Å². The number of likely N-dealkylation sites (N-methyl/N-ethyl adjacent to an activating group) is 1. The van der Waals surface area contributed by atoms with Gasteiger partial charge in [-0.05, 0) is 18.4 Å². The minimum atomic E-state index is -1.82. The molecular weight excluding hydrogens is 352 g/mol. The van der Waals surface area contributed by atoms with Gasteiger partial charge in [0.1, 0.15) is 0 Å². The third-order valence-electron chi connectivity index (χ3n) is 4.28. The van der Waals surface area contributed by atoms with E-state index in [9.17, 15) is 4.79 Å². The van der Waals surface area contributed by atoms with Gasteiger partial charge < -0.3 is 19.8 Å². The summed E-state index contributed by atoms with van der Waals surface area (Å²) in [5, 5.41) is 14.8. The Bertz CT molecular complexity index is 587. The van der Waals surface area contributed by atoms with Crippen LogP contribution in [0.1, 0.15) is 25.3 Å². The van der Waals surface area contributed by atoms with E-state index >= 15 is 0 Å². The standard InChI is InChI=1S/C17H26N2O2.C2H2O4/c1-15(20)18(2)12-13-21-17-8-10-19(11-9-17)14-16-6-4-3-5-7-16;3-1(4)2(5)6/h3-7,17H,8-14H2,1-2H3;(H,3,4)(H,5,6). The maximum Gasteiger partial charge on any atom is 0.414 e. The van der Waals surface area contributed by atoms with Gasteiger partial charge >= 0.3 is 11.9 Å². The maximum atomic E-state index is 11.1. The number of carboxylic acid groups (broad SMARTS) is 2. The van der Waals surface area contributed by atoms with Crippen molar-refractivity contribution in [2.24, 2.45) is 0 Å². The van der Waals surface area contributed by atoms with E-state index in [1.807, 2.05) is 7.05 Å². The number of ether oxygens (including phenoxy) is 1. The fourth-order valence-electron chi connectivity index (χ4n) is 2.59. The summed E-state index contributed by atoms with van der Waals surface area (Å²) in [6.07, 6.45) is 2.50. The van der Waals surface area contributed by atoms with Gasteiger partial charge in [-0.15, -0.1) is 0 Å². The van der Waals surface area contributed by atoms with Gasteiger partial charge in [-0.1, -0.05) is 30.3 Å². The van der Waals surface area contributed by atoms with Crippen LogP contribution in [0, 0.1) is 0 Å². The van der Waals surface area contributed by atoms with Crippen LogP contribution in [0.15, 0.2) is 30.3 Å². The van der Waals surface area contributed by atoms with E-state index in [0.29, 0.717) is 19.3 Å². The molecule has 1 heterocycles. The van der Waals surface area contributed by atoms with Crippen LogP contribution < -0.4 is 0 Å². The van der Waals surface area contributed by atoms with E-state index in [1.54, 1.807) is 11.8 Å². The third-order valence-corrected chi connectivity index (χ3v) is 4.28. The second-order valence-corrected chi connectivity index (χ2v) is 6.38. The van der Waals surface area contributed by atoms with Crippen molar-refractivity contribution in [3.05, 3.63) is 35.9 Å². The molecule has 1 aromatic rings. The second-order valence-electron chi connectivity index (χ2n) is 6.38. The first-order valence-corrected chi connectivity index (χ1v) is 8.85. The molecule has 0 saturated carbocycles. The Balaban J connectivity index is 0.000000527. The molecule has 0 spiro atoms. The molecule has 0 aliphatic carbocycles. The maximum absolute atomic E-state index is 11.1. The number of amides is 1. The predicted octanol–water partition coefficient (Wildman–Crippen LogP) is 1.30. The number of likely N-dealkylation sites (tertiary alicyclic amines) is 1. The molecule has 0 bridgehead atoms. The summed E-state index contributed by atoms with van der Waals surface area (Å²) in [6, 6.07) is 10.6. The van der Waals surface area contributed by atoms with Gasteiger partial charge in [0.15, 0.2) is 0 Å². The average Bonchev–Trinajstić information content (AvgIpc) is 2.64. The molecule has 1 aliphatic rings. The number of hydrogen-bond acceptors (Lipinski definition) is 5. The molecule has 0 atom stereocenters.